The van der Waals surface area contributed by atoms with E-state index in [1.807, 2.05) is 48.5 Å². The predicted octanol–water partition coefficient (Wildman–Crippen LogP) is 7.57. The van der Waals surface area contributed by atoms with Crippen molar-refractivity contribution in [2.75, 3.05) is 5.75 Å². The molecule has 1 unspecified atom stereocenters. The molecule has 0 aliphatic rings. The average molecular weight is 572 g/mol. The lowest BCUT2D eigenvalue weighted by Gasteiger charge is -2.15. The molecular weight excluding hydrogens is 548 g/mol. The molecule has 3 nitrogen and oxygen atoms in total. The summed E-state index contributed by atoms with van der Waals surface area (Å²) in [5, 5.41) is 0.212. The largest absolute Gasteiger partial charge is 0.300 e. The molecule has 30 heavy (non-hydrogen) atoms. The Morgan fingerprint density at radius 2 is 1.33 bits per heavy atom. The SMILES string of the molecule is CC(=O)CCCCC(CCSC(=O)c1ccc(Br)cc1)SC(=O)c1ccc(Br)cc1. The molecule has 0 saturated heterocycles. The summed E-state index contributed by atoms with van der Waals surface area (Å²) in [6.07, 6.45) is 3.93. The summed E-state index contributed by atoms with van der Waals surface area (Å²) in [5.41, 5.74) is 1.36. The number of carbonyl (C=O) groups is 3. The Kier molecular flexibility index (Phi) is 11.4. The molecule has 0 radical (unpaired) electrons. The molecule has 2 aromatic rings. The fourth-order valence-corrected chi connectivity index (χ4v) is 5.43. The third-order valence-electron chi connectivity index (χ3n) is 4.41. The number of benzene rings is 2. The summed E-state index contributed by atoms with van der Waals surface area (Å²) in [7, 11) is 0. The van der Waals surface area contributed by atoms with Crippen LogP contribution < -0.4 is 0 Å². The van der Waals surface area contributed by atoms with Gasteiger partial charge in [-0.1, -0.05) is 61.8 Å². The maximum atomic E-state index is 12.7. The fraction of sp³-hybridized carbons (Fsp3) is 0.348. The van der Waals surface area contributed by atoms with Gasteiger partial charge in [0.2, 0.25) is 10.2 Å². The highest BCUT2D eigenvalue weighted by Crippen LogP contribution is 2.28. The Bertz CT molecular complexity index is 852. The van der Waals surface area contributed by atoms with Crippen molar-refractivity contribution in [2.45, 2.75) is 44.3 Å². The number of hydrogen-bond donors (Lipinski definition) is 0. The van der Waals surface area contributed by atoms with Crippen molar-refractivity contribution in [1.82, 2.24) is 0 Å². The minimum atomic E-state index is 0.0436. The summed E-state index contributed by atoms with van der Waals surface area (Å²) in [4.78, 5) is 36.2. The molecule has 160 valence electrons. The first kappa shape index (κ1) is 25.4. The van der Waals surface area contributed by atoms with Crippen molar-refractivity contribution in [3.05, 3.63) is 68.6 Å². The van der Waals surface area contributed by atoms with Gasteiger partial charge < -0.3 is 4.79 Å². The summed E-state index contributed by atoms with van der Waals surface area (Å²) < 4.78 is 1.88. The first-order valence-corrected chi connectivity index (χ1v) is 13.2. The van der Waals surface area contributed by atoms with Gasteiger partial charge in [0.1, 0.15) is 5.78 Å². The highest BCUT2D eigenvalue weighted by Gasteiger charge is 2.17. The first-order valence-electron chi connectivity index (χ1n) is 9.74. The van der Waals surface area contributed by atoms with Gasteiger partial charge in [-0.3, -0.25) is 9.59 Å². The van der Waals surface area contributed by atoms with Gasteiger partial charge in [-0.25, -0.2) is 0 Å². The van der Waals surface area contributed by atoms with Crippen LogP contribution in [0.2, 0.25) is 0 Å². The van der Waals surface area contributed by atoms with Crippen LogP contribution in [0.15, 0.2) is 57.5 Å². The number of rotatable bonds is 11. The Balaban J connectivity index is 1.90. The van der Waals surface area contributed by atoms with E-state index in [0.29, 0.717) is 23.3 Å². The lowest BCUT2D eigenvalue weighted by atomic mass is 10.1. The van der Waals surface area contributed by atoms with E-state index in [9.17, 15) is 14.4 Å². The number of Topliss-reactive ketones (excluding diaryl/α,β-unsaturated/α-hetero) is 1. The zero-order valence-corrected chi connectivity index (χ0v) is 21.5. The monoisotopic (exact) mass is 570 g/mol. The van der Waals surface area contributed by atoms with Gasteiger partial charge in [0.25, 0.3) is 0 Å². The minimum Gasteiger partial charge on any atom is -0.300 e. The van der Waals surface area contributed by atoms with Gasteiger partial charge in [0.15, 0.2) is 0 Å². The van der Waals surface area contributed by atoms with E-state index in [1.54, 1.807) is 6.92 Å². The highest BCUT2D eigenvalue weighted by atomic mass is 79.9. The quantitative estimate of drug-likeness (QED) is 0.260. The molecule has 0 spiro atoms. The summed E-state index contributed by atoms with van der Waals surface area (Å²) in [6, 6.07) is 14.7. The Hall–Kier alpha value is -0.890. The summed E-state index contributed by atoms with van der Waals surface area (Å²) in [5.74, 6) is 0.855. The van der Waals surface area contributed by atoms with E-state index in [1.165, 1.54) is 23.5 Å². The summed E-state index contributed by atoms with van der Waals surface area (Å²) in [6.45, 7) is 1.60. The molecule has 2 aromatic carbocycles. The molecule has 0 aliphatic heterocycles. The molecule has 0 bridgehead atoms. The van der Waals surface area contributed by atoms with Crippen molar-refractivity contribution in [1.29, 1.82) is 0 Å². The van der Waals surface area contributed by atoms with E-state index in [4.69, 9.17) is 0 Å². The van der Waals surface area contributed by atoms with Gasteiger partial charge >= 0.3 is 0 Å². The van der Waals surface area contributed by atoms with E-state index in [0.717, 1.165) is 34.6 Å². The molecule has 1 atom stereocenters. The smallest absolute Gasteiger partial charge is 0.219 e. The van der Waals surface area contributed by atoms with Gasteiger partial charge in [-0.2, -0.15) is 0 Å². The summed E-state index contributed by atoms with van der Waals surface area (Å²) >= 11 is 9.40. The molecule has 0 fully saturated rings. The second kappa shape index (κ2) is 13.5. The molecule has 0 N–H and O–H groups in total. The molecule has 0 aromatic heterocycles. The lowest BCUT2D eigenvalue weighted by molar-refractivity contribution is -0.117. The molecule has 0 heterocycles. The van der Waals surface area contributed by atoms with Crippen molar-refractivity contribution < 1.29 is 14.4 Å². The van der Waals surface area contributed by atoms with Crippen molar-refractivity contribution in [3.8, 4) is 0 Å². The van der Waals surface area contributed by atoms with Crippen LogP contribution in [0.5, 0.6) is 0 Å². The maximum absolute atomic E-state index is 12.7. The standard InChI is InChI=1S/C23H24Br2O3S2/c1-16(26)4-2-3-5-21(30-23(28)18-8-12-20(25)13-9-18)14-15-29-22(27)17-6-10-19(24)11-7-17/h6-13,21H,2-5,14-15H2,1H3. The molecule has 0 amide bonds. The molecular formula is C23H24Br2O3S2. The lowest BCUT2D eigenvalue weighted by Crippen LogP contribution is -2.10. The molecule has 2 rings (SSSR count). The van der Waals surface area contributed by atoms with E-state index in [2.05, 4.69) is 31.9 Å². The first-order chi connectivity index (χ1) is 14.3. The van der Waals surface area contributed by atoms with E-state index < -0.39 is 0 Å². The predicted molar refractivity (Wildman–Crippen MR) is 135 cm³/mol. The van der Waals surface area contributed by atoms with Crippen LogP contribution in [-0.2, 0) is 4.79 Å². The van der Waals surface area contributed by atoms with Crippen LogP contribution in [0, 0.1) is 0 Å². The van der Waals surface area contributed by atoms with Gasteiger partial charge in [0, 0.05) is 37.5 Å². The molecule has 7 heteroatoms. The Labute approximate surface area is 203 Å². The zero-order valence-electron chi connectivity index (χ0n) is 16.7. The van der Waals surface area contributed by atoms with E-state index in [-0.39, 0.29) is 21.3 Å². The van der Waals surface area contributed by atoms with Crippen molar-refractivity contribution >= 4 is 71.4 Å². The van der Waals surface area contributed by atoms with Crippen LogP contribution >= 0.6 is 55.4 Å². The third kappa shape index (κ3) is 9.50. The Morgan fingerprint density at radius 1 is 0.800 bits per heavy atom. The number of carbonyl (C=O) groups excluding carboxylic acids is 3. The molecule has 0 saturated carbocycles. The van der Waals surface area contributed by atoms with Crippen LogP contribution in [0.4, 0.5) is 0 Å². The van der Waals surface area contributed by atoms with Crippen LogP contribution in [0.1, 0.15) is 59.7 Å². The average Bonchev–Trinajstić information content (AvgIpc) is 2.71. The molecule has 0 aliphatic carbocycles. The highest BCUT2D eigenvalue weighted by molar-refractivity contribution is 9.10. The fourth-order valence-electron chi connectivity index (χ4n) is 2.77. The second-order valence-corrected chi connectivity index (χ2v) is 11.1. The minimum absolute atomic E-state index is 0.0436. The maximum Gasteiger partial charge on any atom is 0.219 e. The van der Waals surface area contributed by atoms with Gasteiger partial charge in [-0.15, -0.1) is 0 Å². The number of thioether (sulfide) groups is 2. The number of hydrogen-bond acceptors (Lipinski definition) is 5. The topological polar surface area (TPSA) is 51.2 Å². The zero-order chi connectivity index (χ0) is 21.9. The number of halogens is 2. The normalized spacial score (nSPS) is 11.8. The third-order valence-corrected chi connectivity index (χ3v) is 7.66. The number of unbranched alkanes of at least 4 members (excludes halogenated alkanes) is 1. The van der Waals surface area contributed by atoms with Crippen LogP contribution in [0.25, 0.3) is 0 Å². The van der Waals surface area contributed by atoms with Crippen molar-refractivity contribution in [2.24, 2.45) is 0 Å². The number of ketones is 1. The van der Waals surface area contributed by atoms with E-state index >= 15 is 0 Å². The van der Waals surface area contributed by atoms with Gasteiger partial charge in [-0.05, 0) is 74.7 Å². The second-order valence-electron chi connectivity index (χ2n) is 6.91. The van der Waals surface area contributed by atoms with Crippen LogP contribution in [-0.4, -0.2) is 27.0 Å². The van der Waals surface area contributed by atoms with Gasteiger partial charge in [0.05, 0.1) is 0 Å². The Morgan fingerprint density at radius 3 is 1.87 bits per heavy atom. The van der Waals surface area contributed by atoms with Crippen molar-refractivity contribution in [3.63, 3.8) is 0 Å². The van der Waals surface area contributed by atoms with Crippen LogP contribution in [0.3, 0.4) is 0 Å².